The third-order valence-corrected chi connectivity index (χ3v) is 11.9. The highest BCUT2D eigenvalue weighted by Crippen LogP contribution is 2.19. The van der Waals surface area contributed by atoms with Crippen LogP contribution in [0, 0.1) is 17.8 Å². The summed E-state index contributed by atoms with van der Waals surface area (Å²) in [6.07, 6.45) is 6.40. The van der Waals surface area contributed by atoms with Crippen LogP contribution < -0.4 is 80.6 Å². The molecule has 0 saturated carbocycles. The molecule has 2 aromatic rings. The third kappa shape index (κ3) is 25.2. The number of aromatic amines is 1. The molecule has 0 aliphatic rings. The van der Waals surface area contributed by atoms with E-state index in [0.717, 1.165) is 35.7 Å². The largest absolute Gasteiger partial charge is 0.361 e. The fourth-order valence-electron chi connectivity index (χ4n) is 7.51. The number of hydrogen-bond donors (Lipinski definition) is 16. The lowest BCUT2D eigenvalue weighted by Crippen LogP contribution is -2.56. The van der Waals surface area contributed by atoms with Crippen LogP contribution in [0.1, 0.15) is 99.5 Å². The van der Waals surface area contributed by atoms with E-state index in [0.29, 0.717) is 45.3 Å². The molecule has 0 radical (unpaired) electrons. The minimum absolute atomic E-state index is 0.0340. The monoisotopic (exact) mass is 987 g/mol. The number of rotatable bonds is 32. The van der Waals surface area contributed by atoms with Crippen LogP contribution in [0.2, 0.25) is 0 Å². The number of amides is 12. The summed E-state index contributed by atoms with van der Waals surface area (Å²) < 4.78 is 0. The molecule has 1 heterocycles. The summed E-state index contributed by atoms with van der Waals surface area (Å²) in [5.74, 6) is 0.200. The van der Waals surface area contributed by atoms with Crippen molar-refractivity contribution in [1.82, 2.24) is 74.1 Å². The molecule has 0 fully saturated rings. The van der Waals surface area contributed by atoms with Crippen molar-refractivity contribution in [2.45, 2.75) is 143 Å². The van der Waals surface area contributed by atoms with Crippen LogP contribution in [-0.4, -0.2) is 143 Å². The number of benzene rings is 1. The fourth-order valence-corrected chi connectivity index (χ4v) is 7.51. The summed E-state index contributed by atoms with van der Waals surface area (Å²) in [5.41, 5.74) is 13.5. The fraction of sp³-hybridized carbons (Fsp3) is 0.708. The van der Waals surface area contributed by atoms with Gasteiger partial charge in [0.2, 0.25) is 0 Å². The molecule has 0 bridgehead atoms. The topological polar surface area (TPSA) is 327 Å². The number of aromatic nitrogens is 1. The Balaban J connectivity index is 2.01. The lowest BCUT2D eigenvalue weighted by Gasteiger charge is -2.26. The minimum atomic E-state index is -0.476. The molecule has 6 atom stereocenters. The molecule has 398 valence electrons. The van der Waals surface area contributed by atoms with Gasteiger partial charge in [-0.2, -0.15) is 0 Å². The second-order valence-electron chi connectivity index (χ2n) is 19.4. The number of nitrogens with one attached hydrogen (secondary N) is 14. The summed E-state index contributed by atoms with van der Waals surface area (Å²) in [6.45, 7) is 17.9. The van der Waals surface area contributed by atoms with Crippen molar-refractivity contribution in [2.24, 2.45) is 29.2 Å². The van der Waals surface area contributed by atoms with Gasteiger partial charge in [-0.15, -0.1) is 0 Å². The predicted molar refractivity (Wildman–Crippen MR) is 278 cm³/mol. The van der Waals surface area contributed by atoms with E-state index in [1.807, 2.05) is 92.9 Å². The Morgan fingerprint density at radius 3 is 1.33 bits per heavy atom. The minimum Gasteiger partial charge on any atom is -0.361 e. The number of unbranched alkanes of at least 4 members (excludes halogenated alkanes) is 2. The van der Waals surface area contributed by atoms with Crippen LogP contribution in [0.15, 0.2) is 30.5 Å². The number of nitrogens with two attached hydrogens (primary N) is 2. The Morgan fingerprint density at radius 1 is 0.486 bits per heavy atom. The van der Waals surface area contributed by atoms with Crippen LogP contribution in [-0.2, 0) is 6.42 Å². The highest BCUT2D eigenvalue weighted by molar-refractivity contribution is 5.83. The molecule has 22 heteroatoms. The van der Waals surface area contributed by atoms with E-state index >= 15 is 0 Å². The molecule has 70 heavy (non-hydrogen) atoms. The van der Waals surface area contributed by atoms with Crippen molar-refractivity contribution in [3.63, 3.8) is 0 Å². The summed E-state index contributed by atoms with van der Waals surface area (Å²) in [6, 6.07) is 3.23. The van der Waals surface area contributed by atoms with E-state index in [1.54, 1.807) is 0 Å². The smallest absolute Gasteiger partial charge is 0.315 e. The number of H-pyrrole nitrogens is 1. The van der Waals surface area contributed by atoms with Crippen LogP contribution in [0.5, 0.6) is 0 Å². The van der Waals surface area contributed by atoms with E-state index in [4.69, 9.17) is 11.5 Å². The maximum atomic E-state index is 13.5. The van der Waals surface area contributed by atoms with Gasteiger partial charge in [-0.3, -0.25) is 0 Å². The molecule has 12 amide bonds. The van der Waals surface area contributed by atoms with Gasteiger partial charge < -0.3 is 85.6 Å². The van der Waals surface area contributed by atoms with Gasteiger partial charge in [0.1, 0.15) is 0 Å². The first kappa shape index (κ1) is 60.4. The molecule has 2 rings (SSSR count). The zero-order valence-electron chi connectivity index (χ0n) is 43.4. The molecule has 1 aromatic heterocycles. The van der Waals surface area contributed by atoms with Crippen LogP contribution in [0.3, 0.4) is 0 Å². The molecule has 18 N–H and O–H groups in total. The highest BCUT2D eigenvalue weighted by atomic mass is 16.2. The Kier molecular flexibility index (Phi) is 29.1. The van der Waals surface area contributed by atoms with Crippen LogP contribution >= 0.6 is 0 Å². The first-order valence-corrected chi connectivity index (χ1v) is 25.2. The maximum absolute atomic E-state index is 13.5. The van der Waals surface area contributed by atoms with Crippen molar-refractivity contribution in [3.05, 3.63) is 36.0 Å². The molecular formula is C48H90N16O6. The van der Waals surface area contributed by atoms with Gasteiger partial charge in [0.05, 0.1) is 18.1 Å². The molecule has 0 unspecified atom stereocenters. The lowest BCUT2D eigenvalue weighted by molar-refractivity contribution is 0.220. The molecule has 0 saturated heterocycles. The average molecular weight is 987 g/mol. The van der Waals surface area contributed by atoms with Gasteiger partial charge in [-0.25, -0.2) is 28.8 Å². The zero-order valence-corrected chi connectivity index (χ0v) is 43.4. The lowest BCUT2D eigenvalue weighted by atomic mass is 10.0. The summed E-state index contributed by atoms with van der Waals surface area (Å²) >= 11 is 0. The molecular weight excluding hydrogens is 897 g/mol. The normalized spacial score (nSPS) is 13.9. The van der Waals surface area contributed by atoms with Crippen molar-refractivity contribution in [1.29, 1.82) is 0 Å². The van der Waals surface area contributed by atoms with E-state index in [2.05, 4.69) is 74.1 Å². The second kappa shape index (κ2) is 33.7. The van der Waals surface area contributed by atoms with Crippen molar-refractivity contribution in [2.75, 3.05) is 59.4 Å². The van der Waals surface area contributed by atoms with Gasteiger partial charge in [-0.05, 0) is 95.5 Å². The number of hydrogen-bond acceptors (Lipinski definition) is 9. The van der Waals surface area contributed by atoms with Crippen molar-refractivity contribution in [3.8, 4) is 0 Å². The maximum Gasteiger partial charge on any atom is 0.315 e. The Bertz CT molecular complexity index is 1840. The standard InChI is InChI=1S/C48H90N16O6/c1-30(2)40(27-51-9)62-47(69)55-26-37(22-34-23-52-39-19-11-10-18-38(34)39)61-43(65)53-24-35(16-12-14-20-49)59-44(66)56-28-41(31(3)4)63-46(68)54-25-36(17-13-15-21-50)60-45(67)57-29-42(32(5)6)64-48(70)58-33(7)8/h10-11,18-19,23,30-33,35-37,40-42,51-52H,12-17,20-22,24-29,49-50H2,1-9H3,(H2,53,61,65)(H2,54,63,68)(H2,55,62,69)(H2,56,59,66)(H2,57,60,67)(H2,58,64,70)/t35-,36-,37-,40+,41+,42+/m0/s1. The molecule has 0 spiro atoms. The first-order chi connectivity index (χ1) is 33.3. The molecule has 0 aliphatic carbocycles. The van der Waals surface area contributed by atoms with E-state index < -0.39 is 48.3 Å². The predicted octanol–water partition coefficient (Wildman–Crippen LogP) is 2.57. The second-order valence-corrected chi connectivity index (χ2v) is 19.4. The van der Waals surface area contributed by atoms with E-state index in [9.17, 15) is 28.8 Å². The van der Waals surface area contributed by atoms with Gasteiger partial charge in [0, 0.05) is 80.5 Å². The number of likely N-dealkylation sites (N-methyl/N-ethyl adjacent to an activating group) is 1. The highest BCUT2D eigenvalue weighted by Gasteiger charge is 2.24. The number of fused-ring (bicyclic) bond motifs is 1. The number of carbonyl (C=O) groups excluding carboxylic acids is 6. The first-order valence-electron chi connectivity index (χ1n) is 25.2. The third-order valence-electron chi connectivity index (χ3n) is 11.9. The number of para-hydroxylation sites is 1. The van der Waals surface area contributed by atoms with Crippen LogP contribution in [0.4, 0.5) is 28.8 Å². The Labute approximate surface area is 416 Å². The average Bonchev–Trinajstić information content (AvgIpc) is 3.70. The number of carbonyl (C=O) groups is 6. The molecule has 1 aromatic carbocycles. The summed E-state index contributed by atoms with van der Waals surface area (Å²) in [7, 11) is 1.83. The SMILES string of the molecule is CNC[C@@H](NC(=O)NC[C@H](Cc1c[nH]c2ccccc12)NC(=O)NC[C@H](CCCCN)NC(=O)NC[C@@H](NC(=O)NC[C@H](CCCCN)NC(=O)NC[C@@H](NC(=O)NC(C)C)C(C)C)C(C)C)C(C)C. The Hall–Kier alpha value is -5.74. The molecule has 0 aliphatic heterocycles. The quantitative estimate of drug-likeness (QED) is 0.0479. The molecule has 22 nitrogen and oxygen atoms in total. The van der Waals surface area contributed by atoms with Gasteiger partial charge in [-0.1, -0.05) is 72.6 Å². The van der Waals surface area contributed by atoms with Gasteiger partial charge in [0.15, 0.2) is 0 Å². The van der Waals surface area contributed by atoms with Gasteiger partial charge in [0.25, 0.3) is 0 Å². The van der Waals surface area contributed by atoms with Gasteiger partial charge >= 0.3 is 36.2 Å². The van der Waals surface area contributed by atoms with Crippen molar-refractivity contribution >= 4 is 47.1 Å². The van der Waals surface area contributed by atoms with Crippen molar-refractivity contribution < 1.29 is 28.8 Å². The Morgan fingerprint density at radius 2 is 0.886 bits per heavy atom. The van der Waals surface area contributed by atoms with E-state index in [1.165, 1.54) is 0 Å². The number of urea groups is 6. The zero-order chi connectivity index (χ0) is 52.0. The van der Waals surface area contributed by atoms with Crippen LogP contribution in [0.25, 0.3) is 10.9 Å². The summed E-state index contributed by atoms with van der Waals surface area (Å²) in [4.78, 5) is 81.6. The van der Waals surface area contributed by atoms with E-state index in [-0.39, 0.29) is 80.7 Å². The summed E-state index contributed by atoms with van der Waals surface area (Å²) in [5, 5.41) is 39.2.